The molecular weight excluding hydrogens is 453 g/mol. The number of alkyl halides is 3. The van der Waals surface area contributed by atoms with Gasteiger partial charge in [0, 0.05) is 43.6 Å². The van der Waals surface area contributed by atoms with Crippen molar-refractivity contribution in [1.29, 1.82) is 0 Å². The second-order valence-corrected chi connectivity index (χ2v) is 8.52. The Balaban J connectivity index is 1.55. The maximum Gasteiger partial charge on any atom is 0.416 e. The fraction of sp³-hybridized carbons (Fsp3) is 0.435. The zero-order valence-corrected chi connectivity index (χ0v) is 18.8. The lowest BCUT2D eigenvalue weighted by atomic mass is 10.0. The van der Waals surface area contributed by atoms with E-state index in [2.05, 4.69) is 5.32 Å². The Morgan fingerprint density at radius 2 is 1.82 bits per heavy atom. The third-order valence-electron chi connectivity index (χ3n) is 6.22. The van der Waals surface area contributed by atoms with Crippen molar-refractivity contribution in [2.24, 2.45) is 0 Å². The van der Waals surface area contributed by atoms with E-state index in [0.29, 0.717) is 31.6 Å². The van der Waals surface area contributed by atoms with E-state index in [1.54, 1.807) is 16.8 Å². The Labute approximate surface area is 194 Å². The smallest absolute Gasteiger partial charge is 0.416 e. The number of amides is 3. The van der Waals surface area contributed by atoms with Crippen molar-refractivity contribution in [1.82, 2.24) is 14.8 Å². The van der Waals surface area contributed by atoms with Gasteiger partial charge in [0.05, 0.1) is 18.2 Å². The van der Waals surface area contributed by atoms with E-state index < -0.39 is 29.6 Å². The van der Waals surface area contributed by atoms with Gasteiger partial charge in [0.1, 0.15) is 5.69 Å². The van der Waals surface area contributed by atoms with Gasteiger partial charge in [-0.1, -0.05) is 0 Å². The number of nitrogens with one attached hydrogen (secondary N) is 1. The molecule has 11 heteroatoms. The number of carbonyl (C=O) groups is 3. The molecule has 1 fully saturated rings. The van der Waals surface area contributed by atoms with Crippen LogP contribution in [0.15, 0.2) is 36.5 Å². The van der Waals surface area contributed by atoms with Crippen LogP contribution in [0.4, 0.5) is 23.7 Å². The van der Waals surface area contributed by atoms with Crippen LogP contribution in [0.3, 0.4) is 0 Å². The first-order valence-corrected chi connectivity index (χ1v) is 10.9. The number of carbonyl (C=O) groups excluding carboxylic acids is 3. The molecule has 3 amide bonds. The minimum atomic E-state index is -4.47. The third kappa shape index (κ3) is 4.46. The van der Waals surface area contributed by atoms with Gasteiger partial charge in [-0.25, -0.2) is 4.79 Å². The molecule has 2 aliphatic rings. The second kappa shape index (κ2) is 9.03. The van der Waals surface area contributed by atoms with Gasteiger partial charge >= 0.3 is 12.3 Å². The number of benzene rings is 1. The molecule has 2 aliphatic heterocycles. The van der Waals surface area contributed by atoms with E-state index in [1.165, 1.54) is 29.0 Å². The van der Waals surface area contributed by atoms with Crippen molar-refractivity contribution in [3.05, 3.63) is 53.3 Å². The summed E-state index contributed by atoms with van der Waals surface area (Å²) in [6.07, 6.45) is -1.89. The normalized spacial score (nSPS) is 20.7. The summed E-state index contributed by atoms with van der Waals surface area (Å²) in [6, 6.07) is 5.47. The third-order valence-corrected chi connectivity index (χ3v) is 6.22. The number of ether oxygens (including phenoxy) is 1. The molecule has 0 radical (unpaired) electrons. The van der Waals surface area contributed by atoms with E-state index in [9.17, 15) is 27.6 Å². The van der Waals surface area contributed by atoms with E-state index in [1.807, 2.05) is 6.92 Å². The number of methoxy groups -OCH3 is 1. The number of rotatable bonds is 3. The van der Waals surface area contributed by atoms with Gasteiger partial charge < -0.3 is 24.4 Å². The van der Waals surface area contributed by atoms with Gasteiger partial charge in [-0.2, -0.15) is 13.2 Å². The summed E-state index contributed by atoms with van der Waals surface area (Å²) in [5.41, 5.74) is -0.115. The Morgan fingerprint density at radius 3 is 2.47 bits per heavy atom. The van der Waals surface area contributed by atoms with E-state index in [0.717, 1.165) is 12.1 Å². The number of piperidine rings is 1. The predicted molar refractivity (Wildman–Crippen MR) is 117 cm³/mol. The molecule has 182 valence electrons. The molecule has 0 saturated carbocycles. The van der Waals surface area contributed by atoms with Gasteiger partial charge in [-0.05, 0) is 50.1 Å². The van der Waals surface area contributed by atoms with Gasteiger partial charge in [-0.3, -0.25) is 9.59 Å². The Bertz CT molecular complexity index is 1100. The lowest BCUT2D eigenvalue weighted by Crippen LogP contribution is -2.50. The minimum Gasteiger partial charge on any atom is -0.453 e. The number of hydrogen-bond donors (Lipinski definition) is 1. The largest absolute Gasteiger partial charge is 0.453 e. The number of likely N-dealkylation sites (tertiary alicyclic amines) is 1. The minimum absolute atomic E-state index is 0.178. The maximum absolute atomic E-state index is 13.3. The van der Waals surface area contributed by atoms with Crippen LogP contribution in [0.5, 0.6) is 0 Å². The quantitative estimate of drug-likeness (QED) is 0.730. The molecule has 1 aromatic carbocycles. The van der Waals surface area contributed by atoms with Crippen molar-refractivity contribution < 1.29 is 32.3 Å². The average Bonchev–Trinajstić information content (AvgIpc) is 3.27. The summed E-state index contributed by atoms with van der Waals surface area (Å²) in [5.74, 6) is -0.909. The molecule has 0 aliphatic carbocycles. The lowest BCUT2D eigenvalue weighted by Gasteiger charge is -2.34. The molecule has 1 unspecified atom stereocenters. The number of aromatic nitrogens is 1. The van der Waals surface area contributed by atoms with E-state index in [4.69, 9.17) is 4.74 Å². The first-order chi connectivity index (χ1) is 16.1. The summed E-state index contributed by atoms with van der Waals surface area (Å²) in [7, 11) is 1.30. The number of hydrogen-bond acceptors (Lipinski definition) is 4. The maximum atomic E-state index is 13.3. The average molecular weight is 478 g/mol. The SMILES string of the molecule is COC(=O)N1CCCC(NC(=O)c2ccn3c2C(=O)N(c2ccc(C(F)(F)F)cc2)C[C@@H]3C)C1. The molecule has 34 heavy (non-hydrogen) atoms. The zero-order valence-electron chi connectivity index (χ0n) is 18.8. The molecule has 4 rings (SSSR count). The standard InChI is InChI=1S/C23H25F3N4O4/c1-14-12-30(17-7-5-15(6-8-17)23(24,25)26)21(32)19-18(9-11-29(14)19)20(31)27-16-4-3-10-28(13-16)22(33)34-2/h5-9,11,14,16H,3-4,10,12-13H2,1-2H3,(H,27,31)/t14-,16?/m0/s1. The lowest BCUT2D eigenvalue weighted by molar-refractivity contribution is -0.137. The fourth-order valence-electron chi connectivity index (χ4n) is 4.49. The summed E-state index contributed by atoms with van der Waals surface area (Å²) >= 11 is 0. The van der Waals surface area contributed by atoms with Crippen molar-refractivity contribution in [2.45, 2.75) is 38.0 Å². The van der Waals surface area contributed by atoms with Gasteiger partial charge in [0.15, 0.2) is 0 Å². The highest BCUT2D eigenvalue weighted by atomic mass is 19.4. The van der Waals surface area contributed by atoms with Crippen LogP contribution in [0.2, 0.25) is 0 Å². The molecule has 8 nitrogen and oxygen atoms in total. The molecule has 1 saturated heterocycles. The summed E-state index contributed by atoms with van der Waals surface area (Å²) in [4.78, 5) is 41.1. The number of nitrogens with zero attached hydrogens (tertiary/aromatic N) is 3. The van der Waals surface area contributed by atoms with Crippen LogP contribution in [0.25, 0.3) is 0 Å². The van der Waals surface area contributed by atoms with Crippen LogP contribution in [-0.4, -0.2) is 60.2 Å². The predicted octanol–water partition coefficient (Wildman–Crippen LogP) is 3.69. The van der Waals surface area contributed by atoms with Gasteiger partial charge in [-0.15, -0.1) is 0 Å². The van der Waals surface area contributed by atoms with Crippen molar-refractivity contribution in [3.8, 4) is 0 Å². The van der Waals surface area contributed by atoms with Crippen molar-refractivity contribution in [3.63, 3.8) is 0 Å². The molecule has 0 bridgehead atoms. The van der Waals surface area contributed by atoms with Gasteiger partial charge in [0.2, 0.25) is 0 Å². The number of fused-ring (bicyclic) bond motifs is 1. The summed E-state index contributed by atoms with van der Waals surface area (Å²) < 4.78 is 45.2. The second-order valence-electron chi connectivity index (χ2n) is 8.52. The topological polar surface area (TPSA) is 83.9 Å². The molecule has 1 aromatic heterocycles. The van der Waals surface area contributed by atoms with Crippen LogP contribution < -0.4 is 10.2 Å². The van der Waals surface area contributed by atoms with E-state index in [-0.39, 0.29) is 29.9 Å². The molecule has 0 spiro atoms. The number of halogens is 3. The number of anilines is 1. The highest BCUT2D eigenvalue weighted by Crippen LogP contribution is 2.33. The first kappa shape index (κ1) is 23.7. The van der Waals surface area contributed by atoms with E-state index >= 15 is 0 Å². The summed E-state index contributed by atoms with van der Waals surface area (Å²) in [6.45, 7) is 2.96. The molecule has 2 atom stereocenters. The van der Waals surface area contributed by atoms with Crippen LogP contribution in [0, 0.1) is 0 Å². The van der Waals surface area contributed by atoms with Gasteiger partial charge in [0.25, 0.3) is 11.8 Å². The van der Waals surface area contributed by atoms with Crippen molar-refractivity contribution >= 4 is 23.6 Å². The molecule has 2 aromatic rings. The van der Waals surface area contributed by atoms with Crippen LogP contribution >= 0.6 is 0 Å². The fourth-order valence-corrected chi connectivity index (χ4v) is 4.49. The highest BCUT2D eigenvalue weighted by molar-refractivity contribution is 6.13. The molecule has 1 N–H and O–H groups in total. The first-order valence-electron chi connectivity index (χ1n) is 10.9. The van der Waals surface area contributed by atoms with Crippen LogP contribution in [-0.2, 0) is 10.9 Å². The Hall–Kier alpha value is -3.50. The van der Waals surface area contributed by atoms with Crippen LogP contribution in [0.1, 0.15) is 52.2 Å². The molecular formula is C23H25F3N4O4. The summed E-state index contributed by atoms with van der Waals surface area (Å²) in [5, 5.41) is 2.90. The zero-order chi connectivity index (χ0) is 24.6. The Kier molecular flexibility index (Phi) is 6.28. The molecule has 3 heterocycles. The Morgan fingerprint density at radius 1 is 1.12 bits per heavy atom. The van der Waals surface area contributed by atoms with Crippen molar-refractivity contribution in [2.75, 3.05) is 31.6 Å². The monoisotopic (exact) mass is 478 g/mol. The highest BCUT2D eigenvalue weighted by Gasteiger charge is 2.36.